The number of nitro groups is 1. The van der Waals surface area contributed by atoms with E-state index >= 15 is 0 Å². The molecular formula is C13H17N5O2S. The molecule has 2 aromatic heterocycles. The van der Waals surface area contributed by atoms with Crippen LogP contribution in [-0.4, -0.2) is 21.4 Å². The number of anilines is 2. The molecule has 2 aromatic rings. The number of hydrogen-bond donors (Lipinski definition) is 2. The number of nitrogens with one attached hydrogen (secondary N) is 2. The van der Waals surface area contributed by atoms with E-state index in [0.29, 0.717) is 13.1 Å². The number of hydrogen-bond acceptors (Lipinski definition) is 7. The van der Waals surface area contributed by atoms with E-state index in [-0.39, 0.29) is 17.3 Å². The van der Waals surface area contributed by atoms with Gasteiger partial charge in [0.2, 0.25) is 11.6 Å². The molecule has 0 aromatic carbocycles. The highest BCUT2D eigenvalue weighted by molar-refractivity contribution is 7.12. The van der Waals surface area contributed by atoms with Gasteiger partial charge in [-0.2, -0.15) is 0 Å². The number of aromatic nitrogens is 2. The fraction of sp³-hybridized carbons (Fsp3) is 0.385. The molecule has 2 rings (SSSR count). The Kier molecular flexibility index (Phi) is 5.04. The summed E-state index contributed by atoms with van der Waals surface area (Å²) in [6.45, 7) is 5.02. The molecule has 112 valence electrons. The fourth-order valence-electron chi connectivity index (χ4n) is 1.86. The molecule has 0 saturated heterocycles. The van der Waals surface area contributed by atoms with Crippen LogP contribution in [0.3, 0.4) is 0 Å². The fourth-order valence-corrected chi connectivity index (χ4v) is 2.75. The summed E-state index contributed by atoms with van der Waals surface area (Å²) in [5.41, 5.74) is -0.119. The first-order valence-electron chi connectivity index (χ1n) is 6.70. The average Bonchev–Trinajstić information content (AvgIpc) is 2.93. The van der Waals surface area contributed by atoms with Gasteiger partial charge in [-0.3, -0.25) is 10.1 Å². The first-order chi connectivity index (χ1) is 10.2. The predicted molar refractivity (Wildman–Crippen MR) is 83.9 cm³/mol. The monoisotopic (exact) mass is 307 g/mol. The quantitative estimate of drug-likeness (QED) is 0.603. The van der Waals surface area contributed by atoms with Crippen molar-refractivity contribution in [3.63, 3.8) is 0 Å². The molecular weight excluding hydrogens is 290 g/mol. The van der Waals surface area contributed by atoms with Gasteiger partial charge in [0.05, 0.1) is 11.5 Å². The van der Waals surface area contributed by atoms with Crippen LogP contribution in [0.5, 0.6) is 0 Å². The molecule has 0 aliphatic rings. The highest BCUT2D eigenvalue weighted by Gasteiger charge is 2.22. The lowest BCUT2D eigenvalue weighted by Gasteiger charge is -2.08. The third kappa shape index (κ3) is 3.66. The van der Waals surface area contributed by atoms with E-state index in [1.807, 2.05) is 13.0 Å². The van der Waals surface area contributed by atoms with Crippen molar-refractivity contribution >= 4 is 28.7 Å². The molecule has 0 atom stereocenters. The van der Waals surface area contributed by atoms with Crippen LogP contribution in [0, 0.1) is 10.1 Å². The molecule has 0 spiro atoms. The molecule has 0 bridgehead atoms. The maximum absolute atomic E-state index is 11.2. The largest absolute Gasteiger partial charge is 0.364 e. The van der Waals surface area contributed by atoms with Gasteiger partial charge in [-0.25, -0.2) is 9.97 Å². The molecule has 0 aliphatic carbocycles. The second kappa shape index (κ2) is 6.98. The lowest BCUT2D eigenvalue weighted by Crippen LogP contribution is -2.09. The highest BCUT2D eigenvalue weighted by atomic mass is 32.1. The van der Waals surface area contributed by atoms with Crippen LogP contribution in [0.15, 0.2) is 18.5 Å². The van der Waals surface area contributed by atoms with Crippen LogP contribution in [0.2, 0.25) is 0 Å². The molecule has 0 fully saturated rings. The second-order valence-corrected chi connectivity index (χ2v) is 5.53. The van der Waals surface area contributed by atoms with Gasteiger partial charge in [0, 0.05) is 16.3 Å². The van der Waals surface area contributed by atoms with Crippen LogP contribution < -0.4 is 10.6 Å². The topological polar surface area (TPSA) is 93.0 Å². The van der Waals surface area contributed by atoms with Crippen molar-refractivity contribution in [2.24, 2.45) is 0 Å². The zero-order valence-corrected chi connectivity index (χ0v) is 12.7. The summed E-state index contributed by atoms with van der Waals surface area (Å²) in [4.78, 5) is 21.1. The summed E-state index contributed by atoms with van der Waals surface area (Å²) < 4.78 is 0. The summed E-state index contributed by atoms with van der Waals surface area (Å²) in [6.07, 6.45) is 2.31. The third-order valence-electron chi connectivity index (χ3n) is 2.84. The highest BCUT2D eigenvalue weighted by Crippen LogP contribution is 2.29. The van der Waals surface area contributed by atoms with Gasteiger partial charge in [-0.15, -0.1) is 11.3 Å². The first kappa shape index (κ1) is 15.2. The van der Waals surface area contributed by atoms with Crippen LogP contribution in [0.25, 0.3) is 0 Å². The Morgan fingerprint density at radius 1 is 1.19 bits per heavy atom. The zero-order valence-electron chi connectivity index (χ0n) is 11.9. The third-order valence-corrected chi connectivity index (χ3v) is 4.07. The van der Waals surface area contributed by atoms with Gasteiger partial charge in [0.25, 0.3) is 0 Å². The second-order valence-electron chi connectivity index (χ2n) is 4.28. The summed E-state index contributed by atoms with van der Waals surface area (Å²) in [6, 6.07) is 4.09. The maximum atomic E-state index is 11.2. The molecule has 7 nitrogen and oxygen atoms in total. The van der Waals surface area contributed by atoms with E-state index in [0.717, 1.165) is 11.3 Å². The Hall–Kier alpha value is -2.22. The van der Waals surface area contributed by atoms with Crippen molar-refractivity contribution in [1.29, 1.82) is 0 Å². The number of aryl methyl sites for hydroxylation is 1. The normalized spacial score (nSPS) is 10.4. The van der Waals surface area contributed by atoms with E-state index in [9.17, 15) is 10.1 Å². The Morgan fingerprint density at radius 3 is 2.43 bits per heavy atom. The Labute approximate surface area is 126 Å². The number of thiophene rings is 1. The average molecular weight is 307 g/mol. The Morgan fingerprint density at radius 2 is 1.86 bits per heavy atom. The SMILES string of the molecule is CCNc1ncnc(NCc2ccc(CC)s2)c1[N+](=O)[O-]. The van der Waals surface area contributed by atoms with Crippen molar-refractivity contribution in [3.8, 4) is 0 Å². The summed E-state index contributed by atoms with van der Waals surface area (Å²) >= 11 is 1.69. The molecule has 2 heterocycles. The van der Waals surface area contributed by atoms with Crippen molar-refractivity contribution in [3.05, 3.63) is 38.3 Å². The van der Waals surface area contributed by atoms with E-state index < -0.39 is 4.92 Å². The number of rotatable bonds is 7. The predicted octanol–water partition coefficient (Wildman–Crippen LogP) is 3.05. The van der Waals surface area contributed by atoms with Gasteiger partial charge >= 0.3 is 5.69 Å². The Bertz CT molecular complexity index is 629. The standard InChI is InChI=1S/C13H17N5O2S/c1-3-9-5-6-10(21-9)7-15-13-11(18(19)20)12(14-4-2)16-8-17-13/h5-6,8H,3-4,7H2,1-2H3,(H2,14,15,16,17). The molecule has 2 N–H and O–H groups in total. The number of nitrogens with zero attached hydrogens (tertiary/aromatic N) is 3. The molecule has 0 saturated carbocycles. The summed E-state index contributed by atoms with van der Waals surface area (Å²) in [5.74, 6) is 0.470. The van der Waals surface area contributed by atoms with Crippen LogP contribution in [0.1, 0.15) is 23.6 Å². The molecule has 8 heteroatoms. The minimum Gasteiger partial charge on any atom is -0.364 e. The van der Waals surface area contributed by atoms with Crippen molar-refractivity contribution in [2.75, 3.05) is 17.2 Å². The van der Waals surface area contributed by atoms with Gasteiger partial charge in [0.1, 0.15) is 6.33 Å². The Balaban J connectivity index is 2.18. The maximum Gasteiger partial charge on any atom is 0.353 e. The van der Waals surface area contributed by atoms with E-state index in [2.05, 4.69) is 33.6 Å². The summed E-state index contributed by atoms with van der Waals surface area (Å²) in [7, 11) is 0. The van der Waals surface area contributed by atoms with Crippen molar-refractivity contribution < 1.29 is 4.92 Å². The van der Waals surface area contributed by atoms with Gasteiger partial charge in [0.15, 0.2) is 0 Å². The lowest BCUT2D eigenvalue weighted by molar-refractivity contribution is -0.383. The molecule has 21 heavy (non-hydrogen) atoms. The van der Waals surface area contributed by atoms with E-state index in [1.165, 1.54) is 11.2 Å². The van der Waals surface area contributed by atoms with Crippen LogP contribution in [0.4, 0.5) is 17.3 Å². The smallest absolute Gasteiger partial charge is 0.353 e. The minimum atomic E-state index is -0.466. The zero-order chi connectivity index (χ0) is 15.2. The summed E-state index contributed by atoms with van der Waals surface area (Å²) in [5, 5.41) is 17.1. The molecule has 0 amide bonds. The van der Waals surface area contributed by atoms with E-state index in [4.69, 9.17) is 0 Å². The molecule has 0 radical (unpaired) electrons. The van der Waals surface area contributed by atoms with E-state index in [1.54, 1.807) is 11.3 Å². The van der Waals surface area contributed by atoms with Gasteiger partial charge in [-0.1, -0.05) is 6.92 Å². The lowest BCUT2D eigenvalue weighted by atomic mass is 10.3. The van der Waals surface area contributed by atoms with Gasteiger partial charge in [-0.05, 0) is 25.5 Å². The van der Waals surface area contributed by atoms with Crippen LogP contribution in [-0.2, 0) is 13.0 Å². The van der Waals surface area contributed by atoms with Crippen molar-refractivity contribution in [2.45, 2.75) is 26.8 Å². The minimum absolute atomic E-state index is 0.119. The van der Waals surface area contributed by atoms with Crippen LogP contribution >= 0.6 is 11.3 Å². The molecule has 0 aliphatic heterocycles. The molecule has 0 unspecified atom stereocenters. The van der Waals surface area contributed by atoms with Gasteiger partial charge < -0.3 is 10.6 Å². The first-order valence-corrected chi connectivity index (χ1v) is 7.52. The van der Waals surface area contributed by atoms with Crippen molar-refractivity contribution in [1.82, 2.24) is 9.97 Å².